The number of ether oxygens (including phenoxy) is 1. The van der Waals surface area contributed by atoms with E-state index in [-0.39, 0.29) is 0 Å². The van der Waals surface area contributed by atoms with Crippen LogP contribution >= 0.6 is 23.4 Å². The standard InChI is InChI=1S/C22H20ClN5O2S/c1-3-11-28-19(13-29-18-6-4-5-15(2)12-18)25-26-22(28)31-14-20-24-21(27-30-20)16-7-9-17(23)10-8-16/h3-10,12H,1,11,13-14H2,2H3. The van der Waals surface area contributed by atoms with E-state index in [2.05, 4.69) is 26.9 Å². The van der Waals surface area contributed by atoms with Gasteiger partial charge < -0.3 is 9.26 Å². The smallest absolute Gasteiger partial charge is 0.237 e. The number of aryl methyl sites for hydroxylation is 1. The Balaban J connectivity index is 1.42. The van der Waals surface area contributed by atoms with Gasteiger partial charge in [-0.2, -0.15) is 4.98 Å². The first kappa shape index (κ1) is 21.1. The Kier molecular flexibility index (Phi) is 6.69. The molecule has 31 heavy (non-hydrogen) atoms. The van der Waals surface area contributed by atoms with Crippen LogP contribution in [0.2, 0.25) is 5.02 Å². The molecule has 4 rings (SSSR count). The van der Waals surface area contributed by atoms with Gasteiger partial charge in [-0.15, -0.1) is 16.8 Å². The SMILES string of the molecule is C=CCn1c(COc2cccc(C)c2)nnc1SCc1nc(-c2ccc(Cl)cc2)no1. The number of allylic oxidation sites excluding steroid dienone is 1. The average Bonchev–Trinajstić information content (AvgIpc) is 3.39. The summed E-state index contributed by atoms with van der Waals surface area (Å²) >= 11 is 7.39. The van der Waals surface area contributed by atoms with Crippen molar-refractivity contribution in [2.24, 2.45) is 0 Å². The fraction of sp³-hybridized carbons (Fsp3) is 0.182. The number of halogens is 1. The summed E-state index contributed by atoms with van der Waals surface area (Å²) in [5.41, 5.74) is 1.98. The van der Waals surface area contributed by atoms with Crippen molar-refractivity contribution in [1.82, 2.24) is 24.9 Å². The maximum absolute atomic E-state index is 5.93. The molecule has 0 unspecified atom stereocenters. The van der Waals surface area contributed by atoms with E-state index in [9.17, 15) is 0 Å². The molecule has 2 aromatic heterocycles. The number of nitrogens with zero attached hydrogens (tertiary/aromatic N) is 5. The van der Waals surface area contributed by atoms with Gasteiger partial charge in [-0.3, -0.25) is 4.57 Å². The summed E-state index contributed by atoms with van der Waals surface area (Å²) in [6.45, 7) is 6.74. The van der Waals surface area contributed by atoms with Crippen molar-refractivity contribution in [2.45, 2.75) is 31.0 Å². The van der Waals surface area contributed by atoms with Crippen molar-refractivity contribution in [1.29, 1.82) is 0 Å². The minimum absolute atomic E-state index is 0.312. The van der Waals surface area contributed by atoms with E-state index in [1.807, 2.05) is 47.9 Å². The molecule has 0 aliphatic rings. The number of thioether (sulfide) groups is 1. The van der Waals surface area contributed by atoms with Gasteiger partial charge in [0, 0.05) is 17.1 Å². The van der Waals surface area contributed by atoms with E-state index in [1.54, 1.807) is 18.2 Å². The second kappa shape index (κ2) is 9.80. The summed E-state index contributed by atoms with van der Waals surface area (Å²) in [6, 6.07) is 15.2. The third-order valence-corrected chi connectivity index (χ3v) is 5.56. The normalized spacial score (nSPS) is 10.9. The molecule has 2 heterocycles. The van der Waals surface area contributed by atoms with E-state index >= 15 is 0 Å². The second-order valence-corrected chi connectivity index (χ2v) is 8.09. The van der Waals surface area contributed by atoms with Crippen LogP contribution in [0.5, 0.6) is 5.75 Å². The van der Waals surface area contributed by atoms with Crippen LogP contribution in [0.4, 0.5) is 0 Å². The molecule has 0 radical (unpaired) electrons. The maximum Gasteiger partial charge on any atom is 0.237 e. The first-order valence-electron chi connectivity index (χ1n) is 9.56. The number of rotatable bonds is 9. The molecule has 4 aromatic rings. The Morgan fingerprint density at radius 2 is 2.03 bits per heavy atom. The molecule has 0 amide bonds. The van der Waals surface area contributed by atoms with E-state index < -0.39 is 0 Å². The molecular formula is C22H20ClN5O2S. The molecule has 7 nitrogen and oxygen atoms in total. The Morgan fingerprint density at radius 1 is 1.19 bits per heavy atom. The number of benzene rings is 2. The fourth-order valence-electron chi connectivity index (χ4n) is 2.85. The van der Waals surface area contributed by atoms with Gasteiger partial charge in [0.25, 0.3) is 0 Å². The van der Waals surface area contributed by atoms with Gasteiger partial charge in [-0.1, -0.05) is 46.7 Å². The monoisotopic (exact) mass is 453 g/mol. The van der Waals surface area contributed by atoms with Crippen LogP contribution in [0, 0.1) is 6.92 Å². The molecule has 0 spiro atoms. The van der Waals surface area contributed by atoms with E-state index in [0.717, 1.165) is 27.9 Å². The molecule has 9 heteroatoms. The van der Waals surface area contributed by atoms with Crippen LogP contribution in [-0.2, 0) is 18.9 Å². The largest absolute Gasteiger partial charge is 0.486 e. The summed E-state index contributed by atoms with van der Waals surface area (Å²) in [7, 11) is 0. The molecule has 0 bridgehead atoms. The van der Waals surface area contributed by atoms with Crippen LogP contribution in [0.1, 0.15) is 17.3 Å². The van der Waals surface area contributed by atoms with Crippen molar-refractivity contribution in [3.05, 3.63) is 83.5 Å². The lowest BCUT2D eigenvalue weighted by Gasteiger charge is -2.09. The minimum Gasteiger partial charge on any atom is -0.486 e. The molecular weight excluding hydrogens is 434 g/mol. The van der Waals surface area contributed by atoms with Gasteiger partial charge in [0.1, 0.15) is 12.4 Å². The third kappa shape index (κ3) is 5.34. The van der Waals surface area contributed by atoms with Gasteiger partial charge in [-0.05, 0) is 48.9 Å². The van der Waals surface area contributed by atoms with Crippen LogP contribution in [-0.4, -0.2) is 24.9 Å². The van der Waals surface area contributed by atoms with Crippen LogP contribution in [0.25, 0.3) is 11.4 Å². The van der Waals surface area contributed by atoms with Crippen molar-refractivity contribution in [2.75, 3.05) is 0 Å². The highest BCUT2D eigenvalue weighted by atomic mass is 35.5. The molecule has 0 saturated carbocycles. The third-order valence-electron chi connectivity index (χ3n) is 4.36. The first-order chi connectivity index (χ1) is 15.1. The van der Waals surface area contributed by atoms with Crippen molar-refractivity contribution in [3.8, 4) is 17.1 Å². The molecule has 2 aromatic carbocycles. The molecule has 0 aliphatic heterocycles. The summed E-state index contributed by atoms with van der Waals surface area (Å²) < 4.78 is 13.2. The minimum atomic E-state index is 0.312. The van der Waals surface area contributed by atoms with Gasteiger partial charge in [-0.25, -0.2) is 0 Å². The molecule has 0 fully saturated rings. The number of hydrogen-bond acceptors (Lipinski definition) is 7. The molecule has 0 N–H and O–H groups in total. The summed E-state index contributed by atoms with van der Waals surface area (Å²) in [4.78, 5) is 4.45. The highest BCUT2D eigenvalue weighted by Crippen LogP contribution is 2.24. The lowest BCUT2D eigenvalue weighted by atomic mass is 10.2. The van der Waals surface area contributed by atoms with Crippen LogP contribution in [0.3, 0.4) is 0 Å². The zero-order valence-corrected chi connectivity index (χ0v) is 18.4. The zero-order valence-electron chi connectivity index (χ0n) is 16.9. The van der Waals surface area contributed by atoms with Gasteiger partial charge in [0.15, 0.2) is 11.0 Å². The van der Waals surface area contributed by atoms with Crippen molar-refractivity contribution < 1.29 is 9.26 Å². The predicted molar refractivity (Wildman–Crippen MR) is 120 cm³/mol. The lowest BCUT2D eigenvalue weighted by Crippen LogP contribution is -2.07. The molecule has 0 atom stereocenters. The van der Waals surface area contributed by atoms with E-state index in [4.69, 9.17) is 20.9 Å². The second-order valence-electron chi connectivity index (χ2n) is 6.71. The van der Waals surface area contributed by atoms with E-state index in [0.29, 0.717) is 35.6 Å². The Hall–Kier alpha value is -3.10. The Labute approximate surface area is 189 Å². The topological polar surface area (TPSA) is 78.9 Å². The number of aromatic nitrogens is 5. The van der Waals surface area contributed by atoms with Gasteiger partial charge >= 0.3 is 0 Å². The molecule has 158 valence electrons. The van der Waals surface area contributed by atoms with Crippen molar-refractivity contribution >= 4 is 23.4 Å². The average molecular weight is 454 g/mol. The van der Waals surface area contributed by atoms with Gasteiger partial charge in [0.2, 0.25) is 11.7 Å². The highest BCUT2D eigenvalue weighted by molar-refractivity contribution is 7.98. The summed E-state index contributed by atoms with van der Waals surface area (Å²) in [5.74, 6) is 3.00. The summed E-state index contributed by atoms with van der Waals surface area (Å²) in [6.07, 6.45) is 1.80. The lowest BCUT2D eigenvalue weighted by molar-refractivity contribution is 0.289. The first-order valence-corrected chi connectivity index (χ1v) is 10.9. The maximum atomic E-state index is 5.93. The molecule has 0 aliphatic carbocycles. The number of hydrogen-bond donors (Lipinski definition) is 0. The summed E-state index contributed by atoms with van der Waals surface area (Å²) in [5, 5.41) is 14.0. The Morgan fingerprint density at radius 3 is 2.81 bits per heavy atom. The molecule has 0 saturated heterocycles. The van der Waals surface area contributed by atoms with Gasteiger partial charge in [0.05, 0.1) is 5.75 Å². The zero-order chi connectivity index (χ0) is 21.6. The van der Waals surface area contributed by atoms with Crippen molar-refractivity contribution in [3.63, 3.8) is 0 Å². The quantitative estimate of drug-likeness (QED) is 0.249. The fourth-order valence-corrected chi connectivity index (χ4v) is 3.78. The van der Waals surface area contributed by atoms with E-state index in [1.165, 1.54) is 11.8 Å². The van der Waals surface area contributed by atoms with Crippen LogP contribution < -0.4 is 4.74 Å². The Bertz CT molecular complexity index is 1170. The predicted octanol–water partition coefficient (Wildman–Crippen LogP) is 5.35. The highest BCUT2D eigenvalue weighted by Gasteiger charge is 2.15. The van der Waals surface area contributed by atoms with Crippen LogP contribution in [0.15, 0.2) is 70.9 Å².